The van der Waals surface area contributed by atoms with Crippen molar-refractivity contribution in [3.8, 4) is 22.3 Å². The Bertz CT molecular complexity index is 1160. The van der Waals surface area contributed by atoms with Crippen LogP contribution in [0.5, 0.6) is 0 Å². The van der Waals surface area contributed by atoms with Crippen molar-refractivity contribution >= 4 is 11.4 Å². The molecule has 0 aliphatic carbocycles. The second-order valence-corrected chi connectivity index (χ2v) is 7.30. The fraction of sp³-hybridized carbons (Fsp3) is 0.0769. The van der Waals surface area contributed by atoms with Crippen molar-refractivity contribution < 1.29 is 0 Å². The van der Waals surface area contributed by atoms with E-state index < -0.39 is 0 Å². The number of aromatic nitrogens is 2. The summed E-state index contributed by atoms with van der Waals surface area (Å²) in [6, 6.07) is 25.4. The number of hydrogen-bond acceptors (Lipinski definition) is 4. The lowest BCUT2D eigenvalue weighted by atomic mass is 10.1. The van der Waals surface area contributed by atoms with E-state index in [0.29, 0.717) is 0 Å². The van der Waals surface area contributed by atoms with Crippen LogP contribution in [0.2, 0.25) is 0 Å². The predicted molar refractivity (Wildman–Crippen MR) is 123 cm³/mol. The van der Waals surface area contributed by atoms with Crippen LogP contribution in [0.3, 0.4) is 0 Å². The molecular weight excluding hydrogens is 368 g/mol. The fourth-order valence-corrected chi connectivity index (χ4v) is 3.76. The zero-order valence-corrected chi connectivity index (χ0v) is 16.6. The van der Waals surface area contributed by atoms with Crippen molar-refractivity contribution in [2.24, 2.45) is 0 Å². The summed E-state index contributed by atoms with van der Waals surface area (Å²) in [6.07, 6.45) is 11.8. The number of rotatable bonds is 4. The lowest BCUT2D eigenvalue weighted by Crippen LogP contribution is -2.38. The molecule has 0 amide bonds. The molecule has 0 unspecified atom stereocenters. The van der Waals surface area contributed by atoms with Gasteiger partial charge in [0.25, 0.3) is 0 Å². The van der Waals surface area contributed by atoms with Gasteiger partial charge in [-0.1, -0.05) is 36.4 Å². The topological polar surface area (TPSA) is 32.3 Å². The normalized spacial score (nSPS) is 13.5. The van der Waals surface area contributed by atoms with E-state index in [1.54, 1.807) is 12.4 Å². The molecule has 1 aliphatic heterocycles. The Hall–Kier alpha value is -3.92. The largest absolute Gasteiger partial charge is 0.350 e. The van der Waals surface area contributed by atoms with Crippen LogP contribution in [-0.4, -0.2) is 23.2 Å². The molecule has 0 radical (unpaired) electrons. The smallest absolute Gasteiger partial charge is 0.0948 e. The highest BCUT2D eigenvalue weighted by Gasteiger charge is 2.15. The van der Waals surface area contributed by atoms with Crippen molar-refractivity contribution in [2.45, 2.75) is 0 Å². The van der Waals surface area contributed by atoms with Crippen LogP contribution in [0.25, 0.3) is 22.3 Å². The molecule has 2 aromatic heterocycles. The van der Waals surface area contributed by atoms with Crippen LogP contribution >= 0.6 is 0 Å². The second-order valence-electron chi connectivity index (χ2n) is 7.30. The summed E-state index contributed by atoms with van der Waals surface area (Å²) in [5.74, 6) is 0. The van der Waals surface area contributed by atoms with Gasteiger partial charge in [-0.25, -0.2) is 0 Å². The summed E-state index contributed by atoms with van der Waals surface area (Å²) in [5.41, 5.74) is 6.98. The van der Waals surface area contributed by atoms with E-state index in [1.165, 1.54) is 22.5 Å². The Morgan fingerprint density at radius 3 is 1.87 bits per heavy atom. The van der Waals surface area contributed by atoms with Gasteiger partial charge in [0.1, 0.15) is 0 Å². The molecule has 0 saturated heterocycles. The van der Waals surface area contributed by atoms with E-state index in [2.05, 4.69) is 92.7 Å². The number of benzene rings is 2. The highest BCUT2D eigenvalue weighted by molar-refractivity contribution is 5.70. The van der Waals surface area contributed by atoms with Crippen LogP contribution in [0.1, 0.15) is 0 Å². The van der Waals surface area contributed by atoms with Gasteiger partial charge in [-0.3, -0.25) is 9.97 Å². The number of nitrogens with zero attached hydrogens (tertiary/aromatic N) is 4. The van der Waals surface area contributed by atoms with Crippen LogP contribution in [0.15, 0.2) is 110 Å². The van der Waals surface area contributed by atoms with Crippen LogP contribution in [0.4, 0.5) is 11.4 Å². The Kier molecular flexibility index (Phi) is 4.96. The Labute approximate surface area is 176 Å². The SMILES string of the molecule is C1=CN(c2cccc(-c3cccnc3)c2)CN(c2cccc(-c3cccnc3)c2)C1. The standard InChI is InChI=1S/C26H22N4/c1-6-21(23-8-3-12-27-18-23)16-25(10-1)29-14-5-15-30(20-29)26-11-2-7-22(17-26)24-9-4-13-28-19-24/h1-14,16-19H,15,20H2. The quantitative estimate of drug-likeness (QED) is 0.453. The van der Waals surface area contributed by atoms with Gasteiger partial charge in [0.15, 0.2) is 0 Å². The number of hydrogen-bond donors (Lipinski definition) is 0. The van der Waals surface area contributed by atoms with Gasteiger partial charge in [-0.05, 0) is 53.6 Å². The molecule has 0 bridgehead atoms. The highest BCUT2D eigenvalue weighted by atomic mass is 15.3. The molecule has 0 fully saturated rings. The average molecular weight is 390 g/mol. The summed E-state index contributed by atoms with van der Waals surface area (Å²) in [6.45, 7) is 1.68. The molecule has 0 saturated carbocycles. The number of anilines is 2. The van der Waals surface area contributed by atoms with Crippen molar-refractivity contribution in [3.05, 3.63) is 110 Å². The van der Waals surface area contributed by atoms with E-state index in [-0.39, 0.29) is 0 Å². The lowest BCUT2D eigenvalue weighted by molar-refractivity contribution is 0.810. The molecule has 0 atom stereocenters. The molecule has 2 aromatic carbocycles. The first-order valence-corrected chi connectivity index (χ1v) is 10.1. The Balaban J connectivity index is 1.40. The van der Waals surface area contributed by atoms with Gasteiger partial charge in [0.2, 0.25) is 0 Å². The van der Waals surface area contributed by atoms with E-state index in [0.717, 1.165) is 24.3 Å². The minimum absolute atomic E-state index is 0.795. The third-order valence-corrected chi connectivity index (χ3v) is 5.31. The fourth-order valence-electron chi connectivity index (χ4n) is 3.76. The van der Waals surface area contributed by atoms with Crippen LogP contribution in [0, 0.1) is 0 Å². The van der Waals surface area contributed by atoms with Crippen molar-refractivity contribution in [3.63, 3.8) is 0 Å². The van der Waals surface area contributed by atoms with Crippen molar-refractivity contribution in [2.75, 3.05) is 23.0 Å². The van der Waals surface area contributed by atoms with E-state index in [1.807, 2.05) is 24.5 Å². The predicted octanol–water partition coefficient (Wildman–Crippen LogP) is 5.61. The maximum Gasteiger partial charge on any atom is 0.0948 e. The third-order valence-electron chi connectivity index (χ3n) is 5.31. The van der Waals surface area contributed by atoms with Crippen molar-refractivity contribution in [1.82, 2.24) is 9.97 Å². The first kappa shape index (κ1) is 18.1. The molecule has 146 valence electrons. The zero-order valence-electron chi connectivity index (χ0n) is 16.6. The maximum absolute atomic E-state index is 4.25. The molecule has 4 nitrogen and oxygen atoms in total. The molecule has 4 aromatic rings. The summed E-state index contributed by atoms with van der Waals surface area (Å²) >= 11 is 0. The summed E-state index contributed by atoms with van der Waals surface area (Å²) in [5, 5.41) is 0. The maximum atomic E-state index is 4.25. The summed E-state index contributed by atoms with van der Waals surface area (Å²) in [4.78, 5) is 13.1. The Morgan fingerprint density at radius 1 is 0.633 bits per heavy atom. The molecule has 0 spiro atoms. The monoisotopic (exact) mass is 390 g/mol. The van der Waals surface area contributed by atoms with Gasteiger partial charge in [0, 0.05) is 60.0 Å². The lowest BCUT2D eigenvalue weighted by Gasteiger charge is -2.34. The van der Waals surface area contributed by atoms with Gasteiger partial charge >= 0.3 is 0 Å². The van der Waals surface area contributed by atoms with Gasteiger partial charge in [0.05, 0.1) is 6.67 Å². The summed E-state index contributed by atoms with van der Waals surface area (Å²) < 4.78 is 0. The Morgan fingerprint density at radius 2 is 1.23 bits per heavy atom. The summed E-state index contributed by atoms with van der Waals surface area (Å²) in [7, 11) is 0. The molecule has 4 heteroatoms. The second kappa shape index (κ2) is 8.21. The first-order chi connectivity index (χ1) is 14.9. The highest BCUT2D eigenvalue weighted by Crippen LogP contribution is 2.28. The molecule has 5 rings (SSSR count). The molecule has 1 aliphatic rings. The minimum Gasteiger partial charge on any atom is -0.350 e. The first-order valence-electron chi connectivity index (χ1n) is 10.1. The van der Waals surface area contributed by atoms with Crippen LogP contribution < -0.4 is 9.80 Å². The van der Waals surface area contributed by atoms with Gasteiger partial charge < -0.3 is 9.80 Å². The van der Waals surface area contributed by atoms with Crippen LogP contribution in [-0.2, 0) is 0 Å². The molecule has 30 heavy (non-hydrogen) atoms. The number of pyridine rings is 2. The van der Waals surface area contributed by atoms with Crippen molar-refractivity contribution in [1.29, 1.82) is 0 Å². The van der Waals surface area contributed by atoms with E-state index >= 15 is 0 Å². The average Bonchev–Trinajstić information content (AvgIpc) is 2.85. The molecule has 3 heterocycles. The third kappa shape index (κ3) is 3.80. The van der Waals surface area contributed by atoms with E-state index in [4.69, 9.17) is 0 Å². The molecule has 0 N–H and O–H groups in total. The zero-order chi connectivity index (χ0) is 20.2. The van der Waals surface area contributed by atoms with Gasteiger partial charge in [-0.15, -0.1) is 0 Å². The molecular formula is C26H22N4. The van der Waals surface area contributed by atoms with Gasteiger partial charge in [-0.2, -0.15) is 0 Å². The minimum atomic E-state index is 0.795. The van der Waals surface area contributed by atoms with E-state index in [9.17, 15) is 0 Å².